The van der Waals surface area contributed by atoms with Gasteiger partial charge in [-0.1, -0.05) is 0 Å². The molecule has 1 unspecified atom stereocenters. The number of carbonyl (C=O) groups is 2. The fraction of sp³-hybridized carbons (Fsp3) is 0.556. The van der Waals surface area contributed by atoms with Crippen molar-refractivity contribution >= 4 is 11.8 Å². The van der Waals surface area contributed by atoms with Crippen LogP contribution >= 0.6 is 0 Å². The third-order valence-electron chi connectivity index (χ3n) is 5.44. The van der Waals surface area contributed by atoms with Crippen LogP contribution in [0.4, 0.5) is 0 Å². The molecule has 0 spiro atoms. The van der Waals surface area contributed by atoms with Gasteiger partial charge in [-0.15, -0.1) is 0 Å². The number of aromatic nitrogens is 4. The first-order valence-corrected chi connectivity index (χ1v) is 9.20. The van der Waals surface area contributed by atoms with E-state index in [4.69, 9.17) is 0 Å². The monoisotopic (exact) mass is 356 g/mol. The minimum absolute atomic E-state index is 0.0160. The highest BCUT2D eigenvalue weighted by Gasteiger charge is 2.32. The highest BCUT2D eigenvalue weighted by molar-refractivity contribution is 5.93. The topological polar surface area (TPSA) is 95.9 Å². The molecule has 26 heavy (non-hydrogen) atoms. The first-order chi connectivity index (χ1) is 12.6. The number of fused-ring (bicyclic) bond motifs is 1. The Morgan fingerprint density at radius 1 is 1.31 bits per heavy atom. The van der Waals surface area contributed by atoms with Gasteiger partial charge in [0.1, 0.15) is 5.69 Å². The Labute approximate surface area is 152 Å². The molecule has 2 atom stereocenters. The van der Waals surface area contributed by atoms with E-state index in [0.29, 0.717) is 12.2 Å². The van der Waals surface area contributed by atoms with Crippen molar-refractivity contribution in [3.63, 3.8) is 0 Å². The molecule has 2 aromatic rings. The second kappa shape index (κ2) is 6.93. The molecule has 4 heterocycles. The van der Waals surface area contributed by atoms with Gasteiger partial charge < -0.3 is 19.8 Å². The maximum atomic E-state index is 13.0. The van der Waals surface area contributed by atoms with E-state index < -0.39 is 0 Å². The summed E-state index contributed by atoms with van der Waals surface area (Å²) in [6.45, 7) is 4.01. The van der Waals surface area contributed by atoms with Crippen LogP contribution < -0.4 is 5.32 Å². The van der Waals surface area contributed by atoms with Crippen LogP contribution in [0.3, 0.4) is 0 Å². The van der Waals surface area contributed by atoms with Gasteiger partial charge in [0.15, 0.2) is 0 Å². The van der Waals surface area contributed by atoms with Crippen molar-refractivity contribution in [3.8, 4) is 0 Å². The van der Waals surface area contributed by atoms with Crippen LogP contribution in [0.15, 0.2) is 18.9 Å². The number of imidazole rings is 2. The number of amides is 2. The molecule has 0 saturated carbocycles. The van der Waals surface area contributed by atoms with Gasteiger partial charge in [0, 0.05) is 55.6 Å². The number of piperidine rings is 1. The molecule has 2 aromatic heterocycles. The number of rotatable bonds is 3. The lowest BCUT2D eigenvalue weighted by Gasteiger charge is -2.36. The number of carbonyl (C=O) groups excluding carboxylic acids is 2. The van der Waals surface area contributed by atoms with Crippen LogP contribution in [-0.4, -0.2) is 55.4 Å². The Hall–Kier alpha value is -2.64. The Kier molecular flexibility index (Phi) is 4.48. The number of hydrogen-bond acceptors (Lipinski definition) is 4. The first kappa shape index (κ1) is 16.8. The van der Waals surface area contributed by atoms with E-state index in [1.807, 2.05) is 24.3 Å². The standard InChI is InChI=1S/C18H24N6O2/c1-12-16(21-10-20-12)17(25)22-14-3-2-5-23(9-14)18(26)13-4-6-24-11-19-8-15(24)7-13/h8,10-11,13-14H,2-7,9H2,1H3,(H,20,21)(H,22,25)/t13?,14-/m1/s1. The lowest BCUT2D eigenvalue weighted by Crippen LogP contribution is -2.51. The third-order valence-corrected chi connectivity index (χ3v) is 5.44. The SMILES string of the molecule is Cc1[nH]cnc1C(=O)N[C@@H]1CCCN(C(=O)C2CCn3cncc3C2)C1. The van der Waals surface area contributed by atoms with Gasteiger partial charge in [-0.2, -0.15) is 0 Å². The summed E-state index contributed by atoms with van der Waals surface area (Å²) in [4.78, 5) is 38.4. The fourth-order valence-electron chi connectivity index (χ4n) is 3.97. The second-order valence-corrected chi connectivity index (χ2v) is 7.24. The number of nitrogens with one attached hydrogen (secondary N) is 2. The largest absolute Gasteiger partial charge is 0.348 e. The van der Waals surface area contributed by atoms with Gasteiger partial charge >= 0.3 is 0 Å². The van der Waals surface area contributed by atoms with Crippen molar-refractivity contribution < 1.29 is 9.59 Å². The maximum Gasteiger partial charge on any atom is 0.272 e. The molecule has 1 saturated heterocycles. The van der Waals surface area contributed by atoms with Crippen molar-refractivity contribution in [2.24, 2.45) is 5.92 Å². The van der Waals surface area contributed by atoms with Gasteiger partial charge in [0.05, 0.1) is 12.7 Å². The summed E-state index contributed by atoms with van der Waals surface area (Å²) in [6, 6.07) is -0.0228. The van der Waals surface area contributed by atoms with Gasteiger partial charge in [0.2, 0.25) is 5.91 Å². The van der Waals surface area contributed by atoms with Crippen molar-refractivity contribution in [1.29, 1.82) is 0 Å². The minimum atomic E-state index is -0.176. The average molecular weight is 356 g/mol. The van der Waals surface area contributed by atoms with Gasteiger partial charge in [0.25, 0.3) is 5.91 Å². The number of aromatic amines is 1. The van der Waals surface area contributed by atoms with E-state index >= 15 is 0 Å². The third kappa shape index (κ3) is 3.23. The number of likely N-dealkylation sites (tertiary alicyclic amines) is 1. The van der Waals surface area contributed by atoms with Crippen LogP contribution in [0.25, 0.3) is 0 Å². The summed E-state index contributed by atoms with van der Waals surface area (Å²) in [5, 5.41) is 3.03. The highest BCUT2D eigenvalue weighted by atomic mass is 16.2. The molecule has 8 nitrogen and oxygen atoms in total. The molecular formula is C18H24N6O2. The van der Waals surface area contributed by atoms with Crippen LogP contribution in [0, 0.1) is 12.8 Å². The predicted octanol–water partition coefficient (Wildman–Crippen LogP) is 0.898. The molecular weight excluding hydrogens is 332 g/mol. The van der Waals surface area contributed by atoms with E-state index in [1.165, 1.54) is 6.33 Å². The number of H-pyrrole nitrogens is 1. The van der Waals surface area contributed by atoms with Crippen molar-refractivity contribution in [3.05, 3.63) is 35.9 Å². The number of aryl methyl sites for hydroxylation is 2. The van der Waals surface area contributed by atoms with E-state index in [0.717, 1.165) is 50.2 Å². The fourth-order valence-corrected chi connectivity index (χ4v) is 3.97. The summed E-state index contributed by atoms with van der Waals surface area (Å²) in [5.41, 5.74) is 2.31. The number of hydrogen-bond donors (Lipinski definition) is 2. The minimum Gasteiger partial charge on any atom is -0.348 e. The van der Waals surface area contributed by atoms with Crippen LogP contribution in [0.1, 0.15) is 41.1 Å². The van der Waals surface area contributed by atoms with Crippen molar-refractivity contribution in [2.75, 3.05) is 13.1 Å². The van der Waals surface area contributed by atoms with Gasteiger partial charge in [-0.05, 0) is 26.2 Å². The van der Waals surface area contributed by atoms with E-state index in [2.05, 4.69) is 24.8 Å². The Morgan fingerprint density at radius 3 is 3.00 bits per heavy atom. The Balaban J connectivity index is 1.37. The summed E-state index contributed by atoms with van der Waals surface area (Å²) in [5.74, 6) is 0.0409. The summed E-state index contributed by atoms with van der Waals surface area (Å²) >= 11 is 0. The molecule has 8 heteroatoms. The lowest BCUT2D eigenvalue weighted by molar-refractivity contribution is -0.137. The van der Waals surface area contributed by atoms with Crippen LogP contribution in [0.2, 0.25) is 0 Å². The summed E-state index contributed by atoms with van der Waals surface area (Å²) in [7, 11) is 0. The molecule has 0 aliphatic carbocycles. The molecule has 0 aromatic carbocycles. The summed E-state index contributed by atoms with van der Waals surface area (Å²) < 4.78 is 2.12. The molecule has 4 rings (SSSR count). The van der Waals surface area contributed by atoms with E-state index in [9.17, 15) is 9.59 Å². The molecule has 2 amide bonds. The molecule has 1 fully saturated rings. The smallest absolute Gasteiger partial charge is 0.272 e. The van der Waals surface area contributed by atoms with Gasteiger partial charge in [-0.3, -0.25) is 9.59 Å². The van der Waals surface area contributed by atoms with Crippen molar-refractivity contribution in [1.82, 2.24) is 29.7 Å². The second-order valence-electron chi connectivity index (χ2n) is 7.24. The summed E-state index contributed by atoms with van der Waals surface area (Å²) in [6.07, 6.45) is 8.59. The molecule has 2 N–H and O–H groups in total. The number of nitrogens with zero attached hydrogens (tertiary/aromatic N) is 4. The highest BCUT2D eigenvalue weighted by Crippen LogP contribution is 2.23. The average Bonchev–Trinajstić information content (AvgIpc) is 3.29. The normalized spacial score (nSPS) is 22.7. The van der Waals surface area contributed by atoms with E-state index in [-0.39, 0.29) is 23.8 Å². The molecule has 0 radical (unpaired) electrons. The molecule has 0 bridgehead atoms. The molecule has 2 aliphatic rings. The van der Waals surface area contributed by atoms with Crippen molar-refractivity contribution in [2.45, 2.75) is 45.2 Å². The maximum absolute atomic E-state index is 13.0. The Bertz CT molecular complexity index is 810. The molecule has 138 valence electrons. The molecule has 2 aliphatic heterocycles. The predicted molar refractivity (Wildman–Crippen MR) is 94.4 cm³/mol. The van der Waals surface area contributed by atoms with Crippen LogP contribution in [-0.2, 0) is 17.8 Å². The zero-order valence-electron chi connectivity index (χ0n) is 14.9. The Morgan fingerprint density at radius 2 is 2.19 bits per heavy atom. The van der Waals surface area contributed by atoms with Crippen LogP contribution in [0.5, 0.6) is 0 Å². The van der Waals surface area contributed by atoms with Gasteiger partial charge in [-0.25, -0.2) is 9.97 Å². The lowest BCUT2D eigenvalue weighted by atomic mass is 9.93. The zero-order chi connectivity index (χ0) is 18.1. The quantitative estimate of drug-likeness (QED) is 0.854. The zero-order valence-corrected chi connectivity index (χ0v) is 14.9. The van der Waals surface area contributed by atoms with E-state index in [1.54, 1.807) is 0 Å². The first-order valence-electron chi connectivity index (χ1n) is 9.20.